The number of nitrogens with zero attached hydrogens (tertiary/aromatic N) is 2. The Morgan fingerprint density at radius 3 is 2.39 bits per heavy atom. The van der Waals surface area contributed by atoms with Gasteiger partial charge in [0.15, 0.2) is 0 Å². The van der Waals surface area contributed by atoms with Gasteiger partial charge in [0.25, 0.3) is 0 Å². The topological polar surface area (TPSA) is 73.2 Å². The predicted molar refractivity (Wildman–Crippen MR) is 108 cm³/mol. The van der Waals surface area contributed by atoms with Gasteiger partial charge < -0.3 is 10.2 Å². The van der Waals surface area contributed by atoms with Gasteiger partial charge in [-0.3, -0.25) is 9.59 Å². The van der Waals surface area contributed by atoms with Crippen LogP contribution >= 0.6 is 0 Å². The maximum atomic E-state index is 12.7. The zero-order valence-electron chi connectivity index (χ0n) is 16.1. The Kier molecular flexibility index (Phi) is 6.44. The molecule has 0 aliphatic heterocycles. The monoisotopic (exact) mass is 375 g/mol. The number of nitrogens with one attached hydrogen (secondary N) is 1. The molecule has 0 bridgehead atoms. The molecule has 0 aromatic heterocycles. The summed E-state index contributed by atoms with van der Waals surface area (Å²) in [7, 11) is 1.84. The van der Waals surface area contributed by atoms with Gasteiger partial charge in [-0.25, -0.2) is 0 Å². The minimum atomic E-state index is -0.0887. The lowest BCUT2D eigenvalue weighted by molar-refractivity contribution is -0.137. The highest BCUT2D eigenvalue weighted by molar-refractivity contribution is 5.93. The van der Waals surface area contributed by atoms with Gasteiger partial charge in [0.1, 0.15) is 0 Å². The van der Waals surface area contributed by atoms with Gasteiger partial charge in [0.05, 0.1) is 11.6 Å². The van der Waals surface area contributed by atoms with Crippen LogP contribution in [0.3, 0.4) is 0 Å². The standard InChI is InChI=1S/C23H25N3O2/c1-26(16-17-6-3-2-4-7-17)23(28)20-12-10-19(11-13-20)22(27)25-21-9-5-8-18(14-21)15-24/h2-9,14,19-20H,10-13,16H2,1H3,(H,25,27). The maximum absolute atomic E-state index is 12.7. The van der Waals surface area contributed by atoms with E-state index in [1.54, 1.807) is 29.2 Å². The molecular weight excluding hydrogens is 350 g/mol. The Labute approximate surface area is 166 Å². The van der Waals surface area contributed by atoms with Crippen LogP contribution in [0, 0.1) is 23.2 Å². The van der Waals surface area contributed by atoms with Crippen LogP contribution in [-0.4, -0.2) is 23.8 Å². The largest absolute Gasteiger partial charge is 0.341 e. The number of carbonyl (C=O) groups excluding carboxylic acids is 2. The zero-order valence-corrected chi connectivity index (χ0v) is 16.1. The van der Waals surface area contributed by atoms with Crippen molar-refractivity contribution >= 4 is 17.5 Å². The van der Waals surface area contributed by atoms with E-state index in [0.29, 0.717) is 30.6 Å². The highest BCUT2D eigenvalue weighted by Gasteiger charge is 2.31. The molecule has 5 heteroatoms. The van der Waals surface area contributed by atoms with Crippen molar-refractivity contribution < 1.29 is 9.59 Å². The molecule has 0 spiro atoms. The molecule has 144 valence electrons. The smallest absolute Gasteiger partial charge is 0.227 e. The summed E-state index contributed by atoms with van der Waals surface area (Å²) in [5.74, 6) is 0.0250. The lowest BCUT2D eigenvalue weighted by Gasteiger charge is -2.30. The van der Waals surface area contributed by atoms with E-state index >= 15 is 0 Å². The molecule has 1 fully saturated rings. The molecule has 1 aliphatic carbocycles. The summed E-state index contributed by atoms with van der Waals surface area (Å²) in [4.78, 5) is 27.1. The van der Waals surface area contributed by atoms with Crippen LogP contribution in [0.25, 0.3) is 0 Å². The van der Waals surface area contributed by atoms with Crippen molar-refractivity contribution in [2.24, 2.45) is 11.8 Å². The van der Waals surface area contributed by atoms with Gasteiger partial charge in [-0.15, -0.1) is 0 Å². The van der Waals surface area contributed by atoms with Crippen LogP contribution in [0.15, 0.2) is 54.6 Å². The molecule has 1 saturated carbocycles. The number of hydrogen-bond acceptors (Lipinski definition) is 3. The highest BCUT2D eigenvalue weighted by Crippen LogP contribution is 2.31. The molecular formula is C23H25N3O2. The first-order chi connectivity index (χ1) is 13.6. The Bertz CT molecular complexity index is 865. The maximum Gasteiger partial charge on any atom is 0.227 e. The van der Waals surface area contributed by atoms with E-state index in [0.717, 1.165) is 18.4 Å². The van der Waals surface area contributed by atoms with Gasteiger partial charge in [-0.1, -0.05) is 36.4 Å². The van der Waals surface area contributed by atoms with Crippen LogP contribution in [0.4, 0.5) is 5.69 Å². The van der Waals surface area contributed by atoms with E-state index < -0.39 is 0 Å². The van der Waals surface area contributed by atoms with Gasteiger partial charge in [0.2, 0.25) is 11.8 Å². The van der Waals surface area contributed by atoms with Gasteiger partial charge >= 0.3 is 0 Å². The quantitative estimate of drug-likeness (QED) is 0.860. The third-order valence-corrected chi connectivity index (χ3v) is 5.35. The molecule has 0 heterocycles. The Morgan fingerprint density at radius 1 is 1.04 bits per heavy atom. The van der Waals surface area contributed by atoms with Crippen LogP contribution < -0.4 is 5.32 Å². The third-order valence-electron chi connectivity index (χ3n) is 5.35. The number of anilines is 1. The summed E-state index contributed by atoms with van der Waals surface area (Å²) in [6, 6.07) is 19.0. The molecule has 0 atom stereocenters. The minimum Gasteiger partial charge on any atom is -0.341 e. The SMILES string of the molecule is CN(Cc1ccccc1)C(=O)C1CCC(C(=O)Nc2cccc(C#N)c2)CC1. The van der Waals surface area contributed by atoms with Crippen molar-refractivity contribution in [3.8, 4) is 6.07 Å². The number of rotatable bonds is 5. The van der Waals surface area contributed by atoms with Crippen LogP contribution in [0.1, 0.15) is 36.8 Å². The van der Waals surface area contributed by atoms with Gasteiger partial charge in [-0.2, -0.15) is 5.26 Å². The Hall–Kier alpha value is -3.13. The summed E-state index contributed by atoms with van der Waals surface area (Å²) in [5.41, 5.74) is 2.28. The molecule has 0 radical (unpaired) electrons. The van der Waals surface area contributed by atoms with E-state index in [9.17, 15) is 9.59 Å². The molecule has 5 nitrogen and oxygen atoms in total. The van der Waals surface area contributed by atoms with Crippen molar-refractivity contribution in [1.82, 2.24) is 4.90 Å². The summed E-state index contributed by atoms with van der Waals surface area (Å²) in [6.45, 7) is 0.606. The van der Waals surface area contributed by atoms with Gasteiger partial charge in [-0.05, 0) is 49.4 Å². The second kappa shape index (κ2) is 9.18. The molecule has 0 unspecified atom stereocenters. The normalized spacial score (nSPS) is 18.7. The Morgan fingerprint density at radius 2 is 1.71 bits per heavy atom. The first-order valence-corrected chi connectivity index (χ1v) is 9.66. The van der Waals surface area contributed by atoms with Crippen molar-refractivity contribution in [1.29, 1.82) is 5.26 Å². The van der Waals surface area contributed by atoms with Crippen LogP contribution in [0.5, 0.6) is 0 Å². The Balaban J connectivity index is 1.50. The van der Waals surface area contributed by atoms with Crippen LogP contribution in [0.2, 0.25) is 0 Å². The third kappa shape index (κ3) is 4.98. The summed E-state index contributed by atoms with van der Waals surface area (Å²) < 4.78 is 0. The van der Waals surface area contributed by atoms with Crippen molar-refractivity contribution in [2.45, 2.75) is 32.2 Å². The second-order valence-electron chi connectivity index (χ2n) is 7.41. The fraction of sp³-hybridized carbons (Fsp3) is 0.348. The second-order valence-corrected chi connectivity index (χ2v) is 7.41. The molecule has 2 aromatic rings. The first-order valence-electron chi connectivity index (χ1n) is 9.66. The van der Waals surface area contributed by atoms with E-state index in [4.69, 9.17) is 5.26 Å². The summed E-state index contributed by atoms with van der Waals surface area (Å²) in [5, 5.41) is 11.9. The van der Waals surface area contributed by atoms with Gasteiger partial charge in [0, 0.05) is 31.1 Å². The molecule has 2 aromatic carbocycles. The zero-order chi connectivity index (χ0) is 19.9. The van der Waals surface area contributed by atoms with E-state index in [-0.39, 0.29) is 23.7 Å². The number of carbonyl (C=O) groups is 2. The van der Waals surface area contributed by atoms with Crippen molar-refractivity contribution in [3.05, 3.63) is 65.7 Å². The predicted octanol–water partition coefficient (Wildman–Crippen LogP) is 3.96. The minimum absolute atomic E-state index is 0.0142. The van der Waals surface area contributed by atoms with E-state index in [2.05, 4.69) is 11.4 Å². The van der Waals surface area contributed by atoms with E-state index in [1.165, 1.54) is 0 Å². The lowest BCUT2D eigenvalue weighted by Crippen LogP contribution is -2.36. The highest BCUT2D eigenvalue weighted by atomic mass is 16.2. The van der Waals surface area contributed by atoms with Crippen LogP contribution in [-0.2, 0) is 16.1 Å². The average molecular weight is 375 g/mol. The average Bonchev–Trinajstić information content (AvgIpc) is 2.74. The molecule has 3 rings (SSSR count). The summed E-state index contributed by atoms with van der Waals surface area (Å²) >= 11 is 0. The molecule has 1 N–H and O–H groups in total. The lowest BCUT2D eigenvalue weighted by atomic mass is 9.81. The first kappa shape index (κ1) is 19.6. The number of hydrogen-bond donors (Lipinski definition) is 1. The number of amides is 2. The fourth-order valence-corrected chi connectivity index (χ4v) is 3.76. The summed E-state index contributed by atoms with van der Waals surface area (Å²) in [6.07, 6.45) is 2.88. The van der Waals surface area contributed by atoms with Crippen molar-refractivity contribution in [3.63, 3.8) is 0 Å². The van der Waals surface area contributed by atoms with Crippen molar-refractivity contribution in [2.75, 3.05) is 12.4 Å². The number of nitriles is 1. The molecule has 28 heavy (non-hydrogen) atoms. The molecule has 0 saturated heterocycles. The van der Waals surface area contributed by atoms with E-state index in [1.807, 2.05) is 37.4 Å². The number of benzene rings is 2. The molecule has 2 amide bonds. The molecule has 1 aliphatic rings. The fourth-order valence-electron chi connectivity index (χ4n) is 3.76.